The van der Waals surface area contributed by atoms with E-state index in [0.29, 0.717) is 70.1 Å². The van der Waals surface area contributed by atoms with E-state index in [1.807, 2.05) is 31.3 Å². The zero-order chi connectivity index (χ0) is 48.5. The number of aliphatic hydroxyl groups is 1. The SMILES string of the molecule is CS(=O)(=O)N1CCN(Cc2cc3nc(-c4cccc5[nH]ncc45)nc(N4CCOCC4)c3s2)CC1.Cc1ncc(-c2nc(N3CCOCC3)c3sc(CN4CCN(C(=O)[C@H](C)O)CC4)c(C)c3n2)cn1. The molecule has 0 radical (unpaired) electrons. The number of anilines is 2. The van der Waals surface area contributed by atoms with Gasteiger partial charge >= 0.3 is 0 Å². The lowest BCUT2D eigenvalue weighted by Gasteiger charge is -2.35. The molecule has 2 N–H and O–H groups in total. The average Bonchev–Trinajstić information content (AvgIpc) is 4.11. The van der Waals surface area contributed by atoms with Crippen LogP contribution in [0.25, 0.3) is 54.1 Å². The summed E-state index contributed by atoms with van der Waals surface area (Å²) in [5, 5.41) is 17.8. The van der Waals surface area contributed by atoms with Gasteiger partial charge in [-0.15, -0.1) is 22.7 Å². The first-order valence-corrected chi connectivity index (χ1v) is 27.2. The van der Waals surface area contributed by atoms with E-state index >= 15 is 0 Å². The fourth-order valence-electron chi connectivity index (χ4n) is 9.24. The topological polar surface area (TPSA) is 215 Å². The highest BCUT2D eigenvalue weighted by atomic mass is 32.2. The van der Waals surface area contributed by atoms with E-state index in [4.69, 9.17) is 29.4 Å². The number of piperazine rings is 2. The second-order valence-electron chi connectivity index (χ2n) is 18.1. The van der Waals surface area contributed by atoms with Crippen LogP contribution in [0.15, 0.2) is 42.9 Å². The first-order chi connectivity index (χ1) is 33.9. The summed E-state index contributed by atoms with van der Waals surface area (Å²) in [5.41, 5.74) is 5.79. The van der Waals surface area contributed by atoms with Crippen LogP contribution in [-0.2, 0) is 37.4 Å². The molecule has 0 spiro atoms. The molecule has 11 rings (SSSR count). The molecule has 4 aliphatic heterocycles. The highest BCUT2D eigenvalue weighted by Gasteiger charge is 2.28. The van der Waals surface area contributed by atoms with Crippen molar-refractivity contribution >= 4 is 81.6 Å². The van der Waals surface area contributed by atoms with Crippen LogP contribution in [0.5, 0.6) is 0 Å². The highest BCUT2D eigenvalue weighted by Crippen LogP contribution is 2.39. The van der Waals surface area contributed by atoms with Gasteiger partial charge in [-0.25, -0.2) is 38.3 Å². The van der Waals surface area contributed by atoms with Gasteiger partial charge in [0.05, 0.1) is 70.4 Å². The molecule has 0 unspecified atom stereocenters. The molecule has 20 nitrogen and oxygen atoms in total. The molecule has 1 aromatic carbocycles. The highest BCUT2D eigenvalue weighted by molar-refractivity contribution is 7.88. The molecule has 10 heterocycles. The Hall–Kier alpha value is -5.37. The Labute approximate surface area is 414 Å². The fraction of sp³-hybridized carbons (Fsp3) is 0.489. The summed E-state index contributed by atoms with van der Waals surface area (Å²) < 4.78 is 38.6. The number of aromatic nitrogens is 8. The number of aliphatic hydroxyl groups excluding tert-OH is 1. The second-order valence-corrected chi connectivity index (χ2v) is 22.3. The molecule has 70 heavy (non-hydrogen) atoms. The summed E-state index contributed by atoms with van der Waals surface area (Å²) in [5.74, 6) is 3.74. The fourth-order valence-corrected chi connectivity index (χ4v) is 12.5. The lowest BCUT2D eigenvalue weighted by molar-refractivity contribution is -0.141. The van der Waals surface area contributed by atoms with Crippen molar-refractivity contribution in [3.8, 4) is 22.8 Å². The minimum atomic E-state index is -3.13. The van der Waals surface area contributed by atoms with E-state index in [2.05, 4.69) is 52.8 Å². The van der Waals surface area contributed by atoms with Crippen LogP contribution in [0.4, 0.5) is 11.6 Å². The normalized spacial score (nSPS) is 18.4. The van der Waals surface area contributed by atoms with Crippen LogP contribution >= 0.6 is 22.7 Å². The molecule has 6 aromatic heterocycles. The number of hydrogen-bond acceptors (Lipinski definition) is 19. The Bertz CT molecular complexity index is 3080. The third-order valence-electron chi connectivity index (χ3n) is 13.2. The van der Waals surface area contributed by atoms with E-state index in [9.17, 15) is 18.3 Å². The van der Waals surface area contributed by atoms with E-state index in [-0.39, 0.29) is 5.91 Å². The molecule has 370 valence electrons. The average molecular weight is 1010 g/mol. The number of ether oxygens (including phenoxy) is 2. The number of sulfonamides is 1. The van der Waals surface area contributed by atoms with Gasteiger partial charge in [0.2, 0.25) is 10.0 Å². The van der Waals surface area contributed by atoms with Gasteiger partial charge in [0.15, 0.2) is 23.3 Å². The largest absolute Gasteiger partial charge is 0.384 e. The molecule has 1 atom stereocenters. The Kier molecular flexibility index (Phi) is 14.3. The van der Waals surface area contributed by atoms with E-state index < -0.39 is 16.1 Å². The number of nitrogens with zero attached hydrogens (tertiary/aromatic N) is 13. The summed E-state index contributed by atoms with van der Waals surface area (Å²) in [6, 6.07) is 8.19. The molecule has 23 heteroatoms. The van der Waals surface area contributed by atoms with Crippen molar-refractivity contribution in [2.75, 3.05) is 121 Å². The first-order valence-electron chi connectivity index (χ1n) is 23.7. The third-order valence-corrected chi connectivity index (χ3v) is 16.9. The van der Waals surface area contributed by atoms with E-state index in [1.54, 1.807) is 44.3 Å². The lowest BCUT2D eigenvalue weighted by atomic mass is 10.1. The number of carbonyl (C=O) groups excluding carboxylic acids is 1. The summed E-state index contributed by atoms with van der Waals surface area (Å²) in [6.07, 6.45) is 5.72. The number of nitrogens with one attached hydrogen (secondary N) is 1. The molecular formula is C47H58N14O6S3. The number of hydrogen-bond donors (Lipinski definition) is 2. The van der Waals surface area contributed by atoms with Crippen LogP contribution in [0.1, 0.15) is 28.1 Å². The summed E-state index contributed by atoms with van der Waals surface area (Å²) in [7, 11) is -3.13. The van der Waals surface area contributed by atoms with E-state index in [1.165, 1.54) is 28.5 Å². The predicted molar refractivity (Wildman–Crippen MR) is 272 cm³/mol. The number of thiophene rings is 2. The molecule has 7 aromatic rings. The maximum atomic E-state index is 12.1. The van der Waals surface area contributed by atoms with Crippen LogP contribution in [0.3, 0.4) is 0 Å². The Morgan fingerprint density at radius 3 is 2.06 bits per heavy atom. The van der Waals surface area contributed by atoms with Crippen molar-refractivity contribution < 1.29 is 27.8 Å². The van der Waals surface area contributed by atoms with Crippen LogP contribution in [0, 0.1) is 13.8 Å². The number of H-pyrrole nitrogens is 1. The number of morpholine rings is 2. The van der Waals surface area contributed by atoms with Crippen LogP contribution in [0.2, 0.25) is 0 Å². The van der Waals surface area contributed by atoms with Crippen molar-refractivity contribution in [3.63, 3.8) is 0 Å². The van der Waals surface area contributed by atoms with Crippen LogP contribution in [-0.4, -0.2) is 196 Å². The zero-order valence-electron chi connectivity index (χ0n) is 39.9. The van der Waals surface area contributed by atoms with Crippen molar-refractivity contribution in [2.24, 2.45) is 0 Å². The maximum Gasteiger partial charge on any atom is 0.251 e. The quantitative estimate of drug-likeness (QED) is 0.199. The molecular weight excluding hydrogens is 953 g/mol. The van der Waals surface area contributed by atoms with Crippen molar-refractivity contribution in [3.05, 3.63) is 64.0 Å². The van der Waals surface area contributed by atoms with Crippen molar-refractivity contribution in [2.45, 2.75) is 40.0 Å². The Morgan fingerprint density at radius 2 is 1.40 bits per heavy atom. The molecule has 0 saturated carbocycles. The molecule has 4 fully saturated rings. The smallest absolute Gasteiger partial charge is 0.251 e. The number of fused-ring (bicyclic) bond motifs is 3. The monoisotopic (exact) mass is 1010 g/mol. The minimum Gasteiger partial charge on any atom is -0.384 e. The number of carbonyl (C=O) groups is 1. The zero-order valence-corrected chi connectivity index (χ0v) is 42.3. The number of amides is 1. The van der Waals surface area contributed by atoms with Gasteiger partial charge < -0.3 is 29.3 Å². The number of aromatic amines is 1. The van der Waals surface area contributed by atoms with Gasteiger partial charge in [0.1, 0.15) is 11.9 Å². The summed E-state index contributed by atoms with van der Waals surface area (Å²) in [4.78, 5) is 54.2. The van der Waals surface area contributed by atoms with Gasteiger partial charge in [-0.3, -0.25) is 19.7 Å². The first kappa shape index (κ1) is 48.3. The van der Waals surface area contributed by atoms with Crippen molar-refractivity contribution in [1.82, 2.24) is 59.1 Å². The van der Waals surface area contributed by atoms with E-state index in [0.717, 1.165) is 120 Å². The van der Waals surface area contributed by atoms with Gasteiger partial charge in [0.25, 0.3) is 5.91 Å². The number of aryl methyl sites for hydroxylation is 2. The lowest BCUT2D eigenvalue weighted by Crippen LogP contribution is -2.50. The number of rotatable bonds is 10. The Morgan fingerprint density at radius 1 is 0.771 bits per heavy atom. The van der Waals surface area contributed by atoms with Crippen LogP contribution < -0.4 is 9.80 Å². The molecule has 4 saturated heterocycles. The van der Waals surface area contributed by atoms with Gasteiger partial charge in [-0.05, 0) is 38.5 Å². The Balaban J connectivity index is 0.000000162. The molecule has 1 amide bonds. The minimum absolute atomic E-state index is 0.194. The summed E-state index contributed by atoms with van der Waals surface area (Å²) in [6.45, 7) is 18.3. The van der Waals surface area contributed by atoms with Gasteiger partial charge in [-0.2, -0.15) is 9.40 Å². The predicted octanol–water partition coefficient (Wildman–Crippen LogP) is 3.78. The second kappa shape index (κ2) is 20.8. The number of benzene rings is 1. The molecule has 0 bridgehead atoms. The third kappa shape index (κ3) is 10.5. The summed E-state index contributed by atoms with van der Waals surface area (Å²) >= 11 is 3.48. The maximum absolute atomic E-state index is 12.1. The van der Waals surface area contributed by atoms with Gasteiger partial charge in [-0.1, -0.05) is 12.1 Å². The van der Waals surface area contributed by atoms with Crippen molar-refractivity contribution in [1.29, 1.82) is 0 Å². The van der Waals surface area contributed by atoms with Gasteiger partial charge in [0, 0.05) is 125 Å². The molecule has 4 aliphatic rings. The molecule has 0 aliphatic carbocycles. The standard InChI is InChI=1S/C24H31N7O3S.C23H27N7O3S2/c1-15-19(14-29-4-6-31(7-5-29)24(33)16(2)32)35-21-20(15)27-22(18-12-25-17(3)26-13-18)28-23(21)30-8-10-34-11-9-30;1-35(31,32)30-7-5-28(6-8-30)15-16-13-20-21(34-16)23(29-9-11-33-12-10-29)26-22(25-20)17-3-2-4-19-18(17)14-24-27-19/h12-13,16,32H,4-11,14H2,1-3H3;2-4,13-14H,5-12,15H2,1H3,(H,24,27)/t16-;/m0./s1.